The molecule has 0 unspecified atom stereocenters. The third-order valence-electron chi connectivity index (χ3n) is 10.3. The second-order valence-electron chi connectivity index (χ2n) is 12.1. The van der Waals surface area contributed by atoms with Gasteiger partial charge in [0.2, 0.25) is 0 Å². The molecule has 0 radical (unpaired) electrons. The highest BCUT2D eigenvalue weighted by atomic mass is 16.5. The molecular formula is C28H46O2. The first-order valence-electron chi connectivity index (χ1n) is 12.7. The molecule has 0 amide bonds. The van der Waals surface area contributed by atoms with Crippen LogP contribution in [0.4, 0.5) is 0 Å². The molecule has 0 aromatic heterocycles. The van der Waals surface area contributed by atoms with Crippen LogP contribution in [0, 0.1) is 40.4 Å². The fourth-order valence-electron chi connectivity index (χ4n) is 8.75. The maximum absolute atomic E-state index is 10.2. The molecule has 2 heteroatoms. The normalized spacial score (nSPS) is 44.9. The summed E-state index contributed by atoms with van der Waals surface area (Å²) in [4.78, 5) is 0. The second kappa shape index (κ2) is 8.39. The Hall–Kier alpha value is -0.600. The molecule has 4 rings (SSSR count). The molecule has 3 fully saturated rings. The number of hydrogen-bond acceptors (Lipinski definition) is 2. The number of ether oxygens (including phenoxy) is 1. The van der Waals surface area contributed by atoms with Gasteiger partial charge in [-0.25, -0.2) is 0 Å². The van der Waals surface area contributed by atoms with Crippen LogP contribution < -0.4 is 0 Å². The second-order valence-corrected chi connectivity index (χ2v) is 12.1. The predicted molar refractivity (Wildman–Crippen MR) is 125 cm³/mol. The topological polar surface area (TPSA) is 29.5 Å². The van der Waals surface area contributed by atoms with Crippen molar-refractivity contribution in [3.05, 3.63) is 23.3 Å². The van der Waals surface area contributed by atoms with Gasteiger partial charge in [0.25, 0.3) is 0 Å². The highest BCUT2D eigenvalue weighted by Gasteiger charge is 2.59. The summed E-state index contributed by atoms with van der Waals surface area (Å²) in [6.07, 6.45) is 16.2. The monoisotopic (exact) mass is 414 g/mol. The summed E-state index contributed by atoms with van der Waals surface area (Å²) in [5.74, 6) is 4.13. The van der Waals surface area contributed by atoms with Gasteiger partial charge in [-0.05, 0) is 112 Å². The lowest BCUT2D eigenvalue weighted by Gasteiger charge is -2.58. The van der Waals surface area contributed by atoms with E-state index in [1.807, 2.05) is 7.11 Å². The van der Waals surface area contributed by atoms with E-state index in [2.05, 4.69) is 46.8 Å². The van der Waals surface area contributed by atoms with Crippen molar-refractivity contribution in [2.75, 3.05) is 7.11 Å². The molecule has 9 atom stereocenters. The number of hydrogen-bond donors (Lipinski definition) is 1. The van der Waals surface area contributed by atoms with E-state index in [4.69, 9.17) is 4.74 Å². The molecule has 0 aliphatic heterocycles. The number of methoxy groups -OCH3 is 1. The fourth-order valence-corrected chi connectivity index (χ4v) is 8.75. The first kappa shape index (κ1) is 22.6. The lowest BCUT2D eigenvalue weighted by molar-refractivity contribution is -0.0592. The Morgan fingerprint density at radius 1 is 1.17 bits per heavy atom. The largest absolute Gasteiger partial charge is 0.393 e. The first-order valence-corrected chi connectivity index (χ1v) is 12.7. The van der Waals surface area contributed by atoms with Crippen LogP contribution in [-0.4, -0.2) is 24.4 Å². The molecule has 0 spiro atoms. The molecule has 0 heterocycles. The van der Waals surface area contributed by atoms with Crippen molar-refractivity contribution in [2.45, 2.75) is 105 Å². The summed E-state index contributed by atoms with van der Waals surface area (Å²) >= 11 is 0. The fraction of sp³-hybridized carbons (Fsp3) is 0.857. The number of aliphatic hydroxyl groups excluding tert-OH is 1. The Balaban J connectivity index is 1.52. The van der Waals surface area contributed by atoms with Gasteiger partial charge < -0.3 is 9.84 Å². The van der Waals surface area contributed by atoms with E-state index in [1.165, 1.54) is 44.1 Å². The molecule has 0 aromatic carbocycles. The first-order chi connectivity index (χ1) is 14.2. The smallest absolute Gasteiger partial charge is 0.0757 e. The van der Waals surface area contributed by atoms with Crippen LogP contribution >= 0.6 is 0 Å². The predicted octanol–water partition coefficient (Wildman–Crippen LogP) is 6.93. The minimum Gasteiger partial charge on any atom is -0.393 e. The van der Waals surface area contributed by atoms with Gasteiger partial charge in [-0.3, -0.25) is 0 Å². The van der Waals surface area contributed by atoms with Crippen LogP contribution in [0.5, 0.6) is 0 Å². The van der Waals surface area contributed by atoms with Gasteiger partial charge in [0.05, 0.1) is 12.2 Å². The van der Waals surface area contributed by atoms with Gasteiger partial charge in [0, 0.05) is 7.11 Å². The van der Waals surface area contributed by atoms with Crippen molar-refractivity contribution in [1.82, 2.24) is 0 Å². The molecule has 30 heavy (non-hydrogen) atoms. The standard InChI is InChI=1S/C28H46O2/c1-18(2)15-22(30-6)16-19(3)24-9-10-25-23-8-7-20-17-21(29)11-13-27(20,4)26(23)12-14-28(24,25)5/h7,15,19,21-26,29H,8-14,16-17H2,1-6H3/t19-,21+,22+,23+,24-,25+,26+,27+,28-/m1/s1. The molecule has 170 valence electrons. The summed E-state index contributed by atoms with van der Waals surface area (Å²) in [5.41, 5.74) is 3.82. The van der Waals surface area contributed by atoms with Crippen molar-refractivity contribution in [2.24, 2.45) is 40.4 Å². The van der Waals surface area contributed by atoms with Crippen LogP contribution in [-0.2, 0) is 4.74 Å². The van der Waals surface area contributed by atoms with Crippen molar-refractivity contribution < 1.29 is 9.84 Å². The quantitative estimate of drug-likeness (QED) is 0.494. The van der Waals surface area contributed by atoms with Gasteiger partial charge >= 0.3 is 0 Å². The lowest BCUT2D eigenvalue weighted by atomic mass is 9.47. The Morgan fingerprint density at radius 3 is 2.63 bits per heavy atom. The van der Waals surface area contributed by atoms with E-state index >= 15 is 0 Å². The molecule has 4 aliphatic rings. The van der Waals surface area contributed by atoms with E-state index in [0.717, 1.165) is 42.9 Å². The van der Waals surface area contributed by atoms with Crippen LogP contribution in [0.1, 0.15) is 92.4 Å². The number of allylic oxidation sites excluding steroid dienone is 2. The van der Waals surface area contributed by atoms with Gasteiger partial charge in [-0.15, -0.1) is 0 Å². The molecular weight excluding hydrogens is 368 g/mol. The average Bonchev–Trinajstić information content (AvgIpc) is 3.05. The zero-order valence-electron chi connectivity index (χ0n) is 20.4. The van der Waals surface area contributed by atoms with Gasteiger partial charge in [-0.1, -0.05) is 44.1 Å². The van der Waals surface area contributed by atoms with Crippen LogP contribution in [0.3, 0.4) is 0 Å². The molecule has 0 saturated heterocycles. The zero-order chi connectivity index (χ0) is 21.7. The molecule has 0 bridgehead atoms. The Labute approximate surface area is 185 Å². The Bertz CT molecular complexity index is 689. The Kier molecular flexibility index (Phi) is 6.32. The van der Waals surface area contributed by atoms with Gasteiger partial charge in [0.15, 0.2) is 0 Å². The highest BCUT2D eigenvalue weighted by molar-refractivity contribution is 5.25. The lowest BCUT2D eigenvalue weighted by Crippen LogP contribution is -2.50. The summed E-state index contributed by atoms with van der Waals surface area (Å²) in [6.45, 7) is 12.1. The van der Waals surface area contributed by atoms with Crippen LogP contribution in [0.15, 0.2) is 23.3 Å². The van der Waals surface area contributed by atoms with Crippen molar-refractivity contribution >= 4 is 0 Å². The highest BCUT2D eigenvalue weighted by Crippen LogP contribution is 2.67. The summed E-state index contributed by atoms with van der Waals surface area (Å²) in [6, 6.07) is 0. The maximum atomic E-state index is 10.2. The third-order valence-corrected chi connectivity index (χ3v) is 10.3. The van der Waals surface area contributed by atoms with Crippen molar-refractivity contribution in [3.63, 3.8) is 0 Å². The minimum atomic E-state index is -0.0963. The maximum Gasteiger partial charge on any atom is 0.0757 e. The van der Waals surface area contributed by atoms with E-state index in [-0.39, 0.29) is 12.2 Å². The molecule has 1 N–H and O–H groups in total. The van der Waals surface area contributed by atoms with E-state index < -0.39 is 0 Å². The van der Waals surface area contributed by atoms with E-state index in [9.17, 15) is 5.11 Å². The Morgan fingerprint density at radius 2 is 1.93 bits per heavy atom. The zero-order valence-corrected chi connectivity index (χ0v) is 20.4. The third kappa shape index (κ3) is 3.75. The SMILES string of the molecule is CO[C@@H](C=C(C)C)C[C@@H](C)[C@H]1CC[C@H]2[C@@H]3CC=C4C[C@@H](O)CC[C@]4(C)[C@H]3CC[C@]12C. The summed E-state index contributed by atoms with van der Waals surface area (Å²) in [7, 11) is 1.87. The van der Waals surface area contributed by atoms with Crippen molar-refractivity contribution in [1.29, 1.82) is 0 Å². The van der Waals surface area contributed by atoms with E-state index in [1.54, 1.807) is 5.57 Å². The van der Waals surface area contributed by atoms with Gasteiger partial charge in [0.1, 0.15) is 0 Å². The van der Waals surface area contributed by atoms with Crippen molar-refractivity contribution in [3.8, 4) is 0 Å². The van der Waals surface area contributed by atoms with Crippen LogP contribution in [0.25, 0.3) is 0 Å². The molecule has 2 nitrogen and oxygen atoms in total. The summed E-state index contributed by atoms with van der Waals surface area (Å²) < 4.78 is 5.82. The number of fused-ring (bicyclic) bond motifs is 5. The summed E-state index contributed by atoms with van der Waals surface area (Å²) in [5, 5.41) is 10.2. The van der Waals surface area contributed by atoms with E-state index in [0.29, 0.717) is 16.7 Å². The average molecular weight is 415 g/mol. The minimum absolute atomic E-state index is 0.0963. The number of rotatable bonds is 5. The van der Waals surface area contributed by atoms with Gasteiger partial charge in [-0.2, -0.15) is 0 Å². The van der Waals surface area contributed by atoms with Crippen LogP contribution in [0.2, 0.25) is 0 Å². The molecule has 3 saturated carbocycles. The molecule has 4 aliphatic carbocycles. The molecule has 0 aromatic rings. The number of aliphatic hydroxyl groups is 1.